The molecule has 2 heterocycles. The van der Waals surface area contributed by atoms with Crippen LogP contribution in [0.2, 0.25) is 0 Å². The molecule has 3 rings (SSSR count). The highest BCUT2D eigenvalue weighted by Crippen LogP contribution is 2.17. The van der Waals surface area contributed by atoms with Crippen LogP contribution in [0.3, 0.4) is 0 Å². The summed E-state index contributed by atoms with van der Waals surface area (Å²) in [6.45, 7) is 1.95. The second-order valence-corrected chi connectivity index (χ2v) is 5.70. The van der Waals surface area contributed by atoms with Crippen LogP contribution in [0, 0.1) is 6.92 Å². The highest BCUT2D eigenvalue weighted by Gasteiger charge is 2.09. The molecule has 1 N–H and O–H groups in total. The minimum atomic E-state index is -0.328. The van der Waals surface area contributed by atoms with Gasteiger partial charge in [-0.05, 0) is 58.6 Å². The molecule has 3 aromatic rings. The van der Waals surface area contributed by atoms with E-state index in [0.717, 1.165) is 10.2 Å². The maximum absolute atomic E-state index is 12.1. The number of rotatable bonds is 3. The van der Waals surface area contributed by atoms with E-state index in [4.69, 9.17) is 0 Å². The first kappa shape index (κ1) is 14.2. The Bertz CT molecular complexity index is 875. The monoisotopic (exact) mass is 315 g/mol. The lowest BCUT2D eigenvalue weighted by Crippen LogP contribution is -2.21. The van der Waals surface area contributed by atoms with Crippen LogP contribution in [0.1, 0.15) is 15.2 Å². The molecule has 0 saturated heterocycles. The molecule has 0 aliphatic rings. The number of nitrogens with one attached hydrogen (secondary N) is 1. The van der Waals surface area contributed by atoms with Crippen LogP contribution < -0.4 is 11.0 Å². The van der Waals surface area contributed by atoms with Gasteiger partial charge < -0.3 is 5.32 Å². The quantitative estimate of drug-likeness (QED) is 0.796. The molecule has 0 aliphatic heterocycles. The van der Waals surface area contributed by atoms with E-state index in [1.54, 1.807) is 24.3 Å². The van der Waals surface area contributed by atoms with Gasteiger partial charge in [0.25, 0.3) is 5.91 Å². The summed E-state index contributed by atoms with van der Waals surface area (Å²) in [5, 5.41) is 12.2. The standard InChI is InChI=1S/C14H13N5O2S/c1-9-7-12(22-8-9)13(20)15-10-3-5-11(6-4-10)19-14(21)18(2)16-17-19/h3-8H,1-2H3,(H,15,20). The van der Waals surface area contributed by atoms with E-state index < -0.39 is 0 Å². The van der Waals surface area contributed by atoms with Crippen molar-refractivity contribution in [2.75, 3.05) is 5.32 Å². The summed E-state index contributed by atoms with van der Waals surface area (Å²) in [6, 6.07) is 8.67. The van der Waals surface area contributed by atoms with Gasteiger partial charge in [0.15, 0.2) is 0 Å². The number of benzene rings is 1. The van der Waals surface area contributed by atoms with E-state index in [1.807, 2.05) is 18.4 Å². The predicted molar refractivity (Wildman–Crippen MR) is 83.6 cm³/mol. The Kier molecular flexibility index (Phi) is 3.60. The molecule has 1 amide bonds. The molecular formula is C14H13N5O2S. The third-order valence-electron chi connectivity index (χ3n) is 3.05. The Morgan fingerprint density at radius 3 is 2.50 bits per heavy atom. The number of carbonyl (C=O) groups is 1. The normalized spacial score (nSPS) is 10.6. The fourth-order valence-electron chi connectivity index (χ4n) is 1.90. The molecule has 0 atom stereocenters. The molecule has 0 bridgehead atoms. The molecule has 2 aromatic heterocycles. The Hall–Kier alpha value is -2.74. The molecule has 112 valence electrons. The highest BCUT2D eigenvalue weighted by molar-refractivity contribution is 7.12. The van der Waals surface area contributed by atoms with Crippen molar-refractivity contribution in [1.29, 1.82) is 0 Å². The summed E-state index contributed by atoms with van der Waals surface area (Å²) in [5.74, 6) is -0.150. The zero-order valence-electron chi connectivity index (χ0n) is 12.0. The molecule has 22 heavy (non-hydrogen) atoms. The first-order chi connectivity index (χ1) is 10.5. The summed E-state index contributed by atoms with van der Waals surface area (Å²) < 4.78 is 2.34. The number of tetrazole rings is 1. The van der Waals surface area contributed by atoms with Gasteiger partial charge in [0, 0.05) is 12.7 Å². The van der Waals surface area contributed by atoms with E-state index in [1.165, 1.54) is 23.1 Å². The van der Waals surface area contributed by atoms with E-state index in [0.29, 0.717) is 16.3 Å². The Morgan fingerprint density at radius 1 is 1.23 bits per heavy atom. The number of thiophene rings is 1. The number of aromatic nitrogens is 4. The van der Waals surface area contributed by atoms with Crippen LogP contribution in [0.25, 0.3) is 5.69 Å². The van der Waals surface area contributed by atoms with Crippen molar-refractivity contribution in [2.45, 2.75) is 6.92 Å². The van der Waals surface area contributed by atoms with E-state index in [-0.39, 0.29) is 11.6 Å². The van der Waals surface area contributed by atoms with Gasteiger partial charge in [-0.15, -0.1) is 11.3 Å². The molecule has 1 aromatic carbocycles. The van der Waals surface area contributed by atoms with Crippen LogP contribution in [-0.4, -0.2) is 25.7 Å². The number of carbonyl (C=O) groups excluding carboxylic acids is 1. The van der Waals surface area contributed by atoms with Crippen molar-refractivity contribution in [2.24, 2.45) is 7.05 Å². The Balaban J connectivity index is 1.78. The van der Waals surface area contributed by atoms with Crippen LogP contribution >= 0.6 is 11.3 Å². The third kappa shape index (κ3) is 2.68. The zero-order chi connectivity index (χ0) is 15.7. The van der Waals surface area contributed by atoms with Gasteiger partial charge in [-0.25, -0.2) is 4.79 Å². The molecule has 0 spiro atoms. The average molecular weight is 315 g/mol. The topological polar surface area (TPSA) is 81.8 Å². The molecule has 0 fully saturated rings. The second-order valence-electron chi connectivity index (χ2n) is 4.79. The van der Waals surface area contributed by atoms with Crippen LogP contribution in [0.15, 0.2) is 40.5 Å². The Labute approximate surface area is 129 Å². The highest BCUT2D eigenvalue weighted by atomic mass is 32.1. The second kappa shape index (κ2) is 5.57. The summed E-state index contributed by atoms with van der Waals surface area (Å²) in [4.78, 5) is 24.5. The fraction of sp³-hybridized carbons (Fsp3) is 0.143. The zero-order valence-corrected chi connectivity index (χ0v) is 12.8. The van der Waals surface area contributed by atoms with Gasteiger partial charge in [0.1, 0.15) is 0 Å². The van der Waals surface area contributed by atoms with E-state index >= 15 is 0 Å². The van der Waals surface area contributed by atoms with Crippen molar-refractivity contribution in [3.05, 3.63) is 56.6 Å². The lowest BCUT2D eigenvalue weighted by atomic mass is 10.2. The van der Waals surface area contributed by atoms with Gasteiger partial charge in [-0.2, -0.15) is 9.36 Å². The molecule has 7 nitrogen and oxygen atoms in total. The minimum Gasteiger partial charge on any atom is -0.321 e. The molecule has 0 saturated carbocycles. The lowest BCUT2D eigenvalue weighted by Gasteiger charge is -2.04. The lowest BCUT2D eigenvalue weighted by molar-refractivity contribution is 0.103. The van der Waals surface area contributed by atoms with E-state index in [9.17, 15) is 9.59 Å². The first-order valence-electron chi connectivity index (χ1n) is 6.50. The van der Waals surface area contributed by atoms with Crippen molar-refractivity contribution >= 4 is 22.9 Å². The largest absolute Gasteiger partial charge is 0.368 e. The molecule has 0 aliphatic carbocycles. The SMILES string of the molecule is Cc1csc(C(=O)Nc2ccc(-n3nnn(C)c3=O)cc2)c1. The van der Waals surface area contributed by atoms with E-state index in [2.05, 4.69) is 15.7 Å². The number of hydrogen-bond donors (Lipinski definition) is 1. The summed E-state index contributed by atoms with van der Waals surface area (Å²) in [7, 11) is 1.53. The maximum Gasteiger partial charge on any atom is 0.368 e. The van der Waals surface area contributed by atoms with Crippen molar-refractivity contribution < 1.29 is 4.79 Å². The molecule has 8 heteroatoms. The van der Waals surface area contributed by atoms with Gasteiger partial charge >= 0.3 is 5.69 Å². The third-order valence-corrected chi connectivity index (χ3v) is 4.09. The van der Waals surface area contributed by atoms with Crippen molar-refractivity contribution in [3.63, 3.8) is 0 Å². The van der Waals surface area contributed by atoms with Gasteiger partial charge in [0.05, 0.1) is 10.6 Å². The first-order valence-corrected chi connectivity index (χ1v) is 7.38. The number of hydrogen-bond acceptors (Lipinski definition) is 5. The average Bonchev–Trinajstić information content (AvgIpc) is 3.08. The van der Waals surface area contributed by atoms with Gasteiger partial charge in [0.2, 0.25) is 0 Å². The summed E-state index contributed by atoms with van der Waals surface area (Å²) in [6.07, 6.45) is 0. The molecule has 0 unspecified atom stereocenters. The number of aryl methyl sites for hydroxylation is 2. The number of anilines is 1. The fourth-order valence-corrected chi connectivity index (χ4v) is 2.70. The Morgan fingerprint density at radius 2 is 1.95 bits per heavy atom. The van der Waals surface area contributed by atoms with Gasteiger partial charge in [-0.3, -0.25) is 4.79 Å². The number of amides is 1. The smallest absolute Gasteiger partial charge is 0.321 e. The minimum absolute atomic E-state index is 0.150. The predicted octanol–water partition coefficient (Wildman–Crippen LogP) is 1.59. The van der Waals surface area contributed by atoms with Crippen molar-refractivity contribution in [1.82, 2.24) is 19.8 Å². The molecular weight excluding hydrogens is 302 g/mol. The van der Waals surface area contributed by atoms with Crippen LogP contribution in [0.5, 0.6) is 0 Å². The van der Waals surface area contributed by atoms with Crippen LogP contribution in [0.4, 0.5) is 5.69 Å². The molecule has 0 radical (unpaired) electrons. The summed E-state index contributed by atoms with van der Waals surface area (Å²) >= 11 is 1.40. The van der Waals surface area contributed by atoms with Gasteiger partial charge in [-0.1, -0.05) is 0 Å². The maximum atomic E-state index is 12.1. The summed E-state index contributed by atoms with van der Waals surface area (Å²) in [5.41, 5.74) is 1.97. The van der Waals surface area contributed by atoms with Crippen molar-refractivity contribution in [3.8, 4) is 5.69 Å². The van der Waals surface area contributed by atoms with Crippen LogP contribution in [-0.2, 0) is 7.05 Å². The number of nitrogens with zero attached hydrogens (tertiary/aromatic N) is 4.